The molecule has 6 rings (SSSR count). The lowest BCUT2D eigenvalue weighted by atomic mass is 9.94. The van der Waals surface area contributed by atoms with Gasteiger partial charge in [-0.25, -0.2) is 0 Å². The molecule has 2 aromatic heterocycles. The van der Waals surface area contributed by atoms with Crippen molar-refractivity contribution in [3.8, 4) is 45.3 Å². The van der Waals surface area contributed by atoms with E-state index in [1.807, 2.05) is 12.1 Å². The van der Waals surface area contributed by atoms with E-state index in [0.29, 0.717) is 23.0 Å². The number of hydrogen-bond acceptors (Lipinski definition) is 5. The van der Waals surface area contributed by atoms with Gasteiger partial charge in [0.05, 0.1) is 34.0 Å². The van der Waals surface area contributed by atoms with Crippen molar-refractivity contribution >= 4 is 16.3 Å². The van der Waals surface area contributed by atoms with Gasteiger partial charge in [-0.05, 0) is 84.8 Å². The predicted molar refractivity (Wildman–Crippen MR) is 166 cm³/mol. The fourth-order valence-corrected chi connectivity index (χ4v) is 6.14. The molecule has 0 N–H and O–H groups in total. The van der Waals surface area contributed by atoms with Gasteiger partial charge < -0.3 is 28.2 Å². The summed E-state index contributed by atoms with van der Waals surface area (Å²) >= 11 is 0. The van der Waals surface area contributed by atoms with Crippen LogP contribution in [0, 0.1) is 0 Å². The molecule has 0 atom stereocenters. The van der Waals surface area contributed by atoms with Crippen LogP contribution in [-0.4, -0.2) is 57.4 Å². The van der Waals surface area contributed by atoms with Crippen molar-refractivity contribution in [3.05, 3.63) is 78.6 Å². The van der Waals surface area contributed by atoms with Crippen molar-refractivity contribution in [1.82, 2.24) is 9.30 Å². The van der Waals surface area contributed by atoms with E-state index in [-0.39, 0.29) is 0 Å². The Morgan fingerprint density at radius 2 is 1.32 bits per heavy atom. The molecule has 0 aliphatic carbocycles. The average Bonchev–Trinajstić information content (AvgIpc) is 3.43. The van der Waals surface area contributed by atoms with Crippen molar-refractivity contribution in [2.75, 3.05) is 48.1 Å². The second-order valence-corrected chi connectivity index (χ2v) is 10.7. The zero-order valence-electron chi connectivity index (χ0n) is 24.4. The number of methoxy groups -OCH3 is 4. The van der Waals surface area contributed by atoms with Gasteiger partial charge in [-0.15, -0.1) is 0 Å². The molecule has 1 fully saturated rings. The predicted octanol–water partition coefficient (Wildman–Crippen LogP) is 7.49. The number of rotatable bonds is 9. The summed E-state index contributed by atoms with van der Waals surface area (Å²) in [6.45, 7) is 3.59. The number of pyridine rings is 1. The van der Waals surface area contributed by atoms with Crippen molar-refractivity contribution < 1.29 is 18.9 Å². The highest BCUT2D eigenvalue weighted by Gasteiger charge is 2.20. The van der Waals surface area contributed by atoms with Gasteiger partial charge in [-0.2, -0.15) is 0 Å². The third kappa shape index (κ3) is 5.20. The van der Waals surface area contributed by atoms with Gasteiger partial charge in [-0.3, -0.25) is 0 Å². The van der Waals surface area contributed by atoms with E-state index in [2.05, 4.69) is 70.2 Å². The molecule has 0 spiro atoms. The molecule has 41 heavy (non-hydrogen) atoms. The number of likely N-dealkylation sites (tertiary alicyclic amines) is 1. The van der Waals surface area contributed by atoms with Gasteiger partial charge in [0.15, 0.2) is 23.0 Å². The molecule has 5 aromatic rings. The highest BCUT2D eigenvalue weighted by Crippen LogP contribution is 2.44. The first kappa shape index (κ1) is 27.0. The zero-order chi connectivity index (χ0) is 28.3. The van der Waals surface area contributed by atoms with Crippen LogP contribution >= 0.6 is 0 Å². The third-order valence-corrected chi connectivity index (χ3v) is 8.36. The molecule has 1 saturated heterocycles. The molecule has 212 valence electrons. The Labute approximate surface area is 242 Å². The fourth-order valence-electron chi connectivity index (χ4n) is 6.14. The first-order valence-corrected chi connectivity index (χ1v) is 14.4. The summed E-state index contributed by atoms with van der Waals surface area (Å²) in [5.41, 5.74) is 6.98. The van der Waals surface area contributed by atoms with Crippen LogP contribution in [0.1, 0.15) is 24.8 Å². The monoisotopic (exact) mass is 550 g/mol. The zero-order valence-corrected chi connectivity index (χ0v) is 24.4. The molecular weight excluding hydrogens is 512 g/mol. The quantitative estimate of drug-likeness (QED) is 0.190. The number of aromatic nitrogens is 1. The minimum atomic E-state index is 0.697. The van der Waals surface area contributed by atoms with E-state index in [4.69, 9.17) is 18.9 Å². The SMILES string of the molecule is COc1ccc(-c2c(-c3ccc(CCN4CCCCC4)cc3)cn3ccc4cc(OC)c(OC)cc4c23)cc1OC. The number of hydrogen-bond donors (Lipinski definition) is 0. The van der Waals surface area contributed by atoms with Crippen molar-refractivity contribution in [1.29, 1.82) is 0 Å². The van der Waals surface area contributed by atoms with E-state index < -0.39 is 0 Å². The van der Waals surface area contributed by atoms with E-state index in [9.17, 15) is 0 Å². The summed E-state index contributed by atoms with van der Waals surface area (Å²) in [7, 11) is 6.69. The molecule has 3 heterocycles. The second-order valence-electron chi connectivity index (χ2n) is 10.7. The maximum atomic E-state index is 5.71. The van der Waals surface area contributed by atoms with E-state index in [1.54, 1.807) is 28.4 Å². The van der Waals surface area contributed by atoms with Gasteiger partial charge in [0, 0.05) is 35.5 Å². The molecule has 0 amide bonds. The normalized spacial score (nSPS) is 14.0. The standard InChI is InChI=1S/C35H38N2O4/c1-38-30-13-12-27(21-31(30)39-2)34-29(25-10-8-24(9-11-25)14-18-36-16-6-5-7-17-36)23-37-19-15-26-20-32(40-3)33(41-4)22-28(26)35(34)37/h8-13,15,19-23H,5-7,14,16-18H2,1-4H3. The molecule has 0 radical (unpaired) electrons. The summed E-state index contributed by atoms with van der Waals surface area (Å²) < 4.78 is 24.8. The topological polar surface area (TPSA) is 44.6 Å². The van der Waals surface area contributed by atoms with Gasteiger partial charge in [0.2, 0.25) is 0 Å². The third-order valence-electron chi connectivity index (χ3n) is 8.36. The lowest BCUT2D eigenvalue weighted by molar-refractivity contribution is 0.231. The minimum absolute atomic E-state index is 0.697. The first-order valence-electron chi connectivity index (χ1n) is 14.4. The van der Waals surface area contributed by atoms with Crippen LogP contribution in [0.4, 0.5) is 0 Å². The molecule has 0 saturated carbocycles. The Morgan fingerprint density at radius 1 is 0.659 bits per heavy atom. The van der Waals surface area contributed by atoms with Gasteiger partial charge in [-0.1, -0.05) is 36.8 Å². The van der Waals surface area contributed by atoms with Gasteiger partial charge in [0.1, 0.15) is 0 Å². The number of ether oxygens (including phenoxy) is 4. The fraction of sp³-hybridized carbons (Fsp3) is 0.314. The average molecular weight is 551 g/mol. The molecule has 1 aliphatic heterocycles. The summed E-state index contributed by atoms with van der Waals surface area (Å²) in [6.07, 6.45) is 9.44. The maximum absolute atomic E-state index is 5.71. The lowest BCUT2D eigenvalue weighted by Gasteiger charge is -2.26. The van der Waals surface area contributed by atoms with E-state index >= 15 is 0 Å². The molecule has 6 heteroatoms. The van der Waals surface area contributed by atoms with Crippen LogP contribution in [0.2, 0.25) is 0 Å². The Kier molecular flexibility index (Phi) is 7.75. The van der Waals surface area contributed by atoms with Crippen molar-refractivity contribution in [2.24, 2.45) is 0 Å². The van der Waals surface area contributed by atoms with E-state index in [0.717, 1.165) is 45.9 Å². The van der Waals surface area contributed by atoms with Crippen LogP contribution in [0.15, 0.2) is 73.1 Å². The number of fused-ring (bicyclic) bond motifs is 3. The molecule has 0 bridgehead atoms. The van der Waals surface area contributed by atoms with Crippen LogP contribution in [0.3, 0.4) is 0 Å². The smallest absolute Gasteiger partial charge is 0.161 e. The Hall–Kier alpha value is -4.16. The molecular formula is C35H38N2O4. The maximum Gasteiger partial charge on any atom is 0.161 e. The Morgan fingerprint density at radius 3 is 2.02 bits per heavy atom. The van der Waals surface area contributed by atoms with E-state index in [1.165, 1.54) is 43.5 Å². The Bertz CT molecular complexity index is 1670. The highest BCUT2D eigenvalue weighted by atomic mass is 16.5. The molecule has 3 aromatic carbocycles. The number of nitrogens with zero attached hydrogens (tertiary/aromatic N) is 2. The van der Waals surface area contributed by atoms with Crippen LogP contribution in [0.5, 0.6) is 23.0 Å². The highest BCUT2D eigenvalue weighted by molar-refractivity contribution is 6.09. The number of piperidine rings is 1. The van der Waals surface area contributed by atoms with Gasteiger partial charge >= 0.3 is 0 Å². The first-order chi connectivity index (χ1) is 20.1. The minimum Gasteiger partial charge on any atom is -0.493 e. The lowest BCUT2D eigenvalue weighted by Crippen LogP contribution is -2.31. The second kappa shape index (κ2) is 11.8. The van der Waals surface area contributed by atoms with Crippen LogP contribution in [0.25, 0.3) is 38.5 Å². The molecule has 1 aliphatic rings. The summed E-state index contributed by atoms with van der Waals surface area (Å²) in [5, 5.41) is 2.16. The summed E-state index contributed by atoms with van der Waals surface area (Å²) in [5.74, 6) is 2.81. The Balaban J connectivity index is 1.49. The molecule has 6 nitrogen and oxygen atoms in total. The van der Waals surface area contributed by atoms with Crippen molar-refractivity contribution in [3.63, 3.8) is 0 Å². The molecule has 0 unspecified atom stereocenters. The summed E-state index contributed by atoms with van der Waals surface area (Å²) in [6, 6.07) is 21.5. The van der Waals surface area contributed by atoms with Gasteiger partial charge in [0.25, 0.3) is 0 Å². The largest absolute Gasteiger partial charge is 0.493 e. The van der Waals surface area contributed by atoms with Crippen LogP contribution < -0.4 is 18.9 Å². The van der Waals surface area contributed by atoms with Crippen molar-refractivity contribution in [2.45, 2.75) is 25.7 Å². The number of benzene rings is 3. The summed E-state index contributed by atoms with van der Waals surface area (Å²) in [4.78, 5) is 2.60. The van der Waals surface area contributed by atoms with Crippen LogP contribution in [-0.2, 0) is 6.42 Å².